The first-order valence-corrected chi connectivity index (χ1v) is 3.44. The van der Waals surface area contributed by atoms with Gasteiger partial charge in [-0.3, -0.25) is 4.79 Å². The number of allylic oxidation sites excluding steroid dienone is 4. The van der Waals surface area contributed by atoms with Gasteiger partial charge in [-0.15, -0.1) is 0 Å². The maximum atomic E-state index is 11.2. The highest BCUT2D eigenvalue weighted by molar-refractivity contribution is 6.07. The fourth-order valence-electron chi connectivity index (χ4n) is 0.573. The zero-order valence-electron chi connectivity index (χ0n) is 7.06. The maximum Gasteiger partial charge on any atom is 0.183 e. The van der Waals surface area contributed by atoms with Gasteiger partial charge in [0.15, 0.2) is 5.78 Å². The van der Waals surface area contributed by atoms with Gasteiger partial charge >= 0.3 is 0 Å². The third-order valence-electron chi connectivity index (χ3n) is 1.58. The van der Waals surface area contributed by atoms with Crippen LogP contribution in [0.1, 0.15) is 27.7 Å². The minimum Gasteiger partial charge on any atom is -0.289 e. The van der Waals surface area contributed by atoms with Gasteiger partial charge in [0.2, 0.25) is 0 Å². The van der Waals surface area contributed by atoms with Crippen LogP contribution in [0.5, 0.6) is 0 Å². The monoisotopic (exact) mass is 138 g/mol. The van der Waals surface area contributed by atoms with E-state index in [4.69, 9.17) is 0 Å². The van der Waals surface area contributed by atoms with E-state index in [0.717, 1.165) is 11.1 Å². The number of rotatable bonds is 2. The lowest BCUT2D eigenvalue weighted by Crippen LogP contribution is -1.99. The number of ketones is 1. The fourth-order valence-corrected chi connectivity index (χ4v) is 0.573. The first-order chi connectivity index (χ1) is 4.63. The van der Waals surface area contributed by atoms with E-state index in [0.29, 0.717) is 0 Å². The van der Waals surface area contributed by atoms with E-state index < -0.39 is 0 Å². The first-order valence-electron chi connectivity index (χ1n) is 3.44. The lowest BCUT2D eigenvalue weighted by molar-refractivity contribution is -0.112. The van der Waals surface area contributed by atoms with Gasteiger partial charge in [-0.25, -0.2) is 0 Å². The third-order valence-corrected chi connectivity index (χ3v) is 1.58. The predicted octanol–water partition coefficient (Wildman–Crippen LogP) is 2.49. The molecule has 0 amide bonds. The van der Waals surface area contributed by atoms with E-state index in [1.165, 1.54) is 0 Å². The second kappa shape index (κ2) is 4.04. The predicted molar refractivity (Wildman–Crippen MR) is 43.9 cm³/mol. The van der Waals surface area contributed by atoms with Crippen molar-refractivity contribution >= 4 is 5.78 Å². The van der Waals surface area contributed by atoms with Crippen molar-refractivity contribution in [2.45, 2.75) is 27.7 Å². The molecule has 1 heteroatoms. The summed E-state index contributed by atoms with van der Waals surface area (Å²) in [6, 6.07) is 0. The molecular weight excluding hydrogens is 124 g/mol. The van der Waals surface area contributed by atoms with Crippen LogP contribution in [-0.2, 0) is 4.79 Å². The Kier molecular flexibility index (Phi) is 3.70. The highest BCUT2D eigenvalue weighted by Gasteiger charge is 2.03. The summed E-state index contributed by atoms with van der Waals surface area (Å²) in [7, 11) is 0. The largest absolute Gasteiger partial charge is 0.289 e. The Labute approximate surface area is 62.4 Å². The normalized spacial score (nSPS) is 13.6. The van der Waals surface area contributed by atoms with Crippen molar-refractivity contribution in [3.05, 3.63) is 23.3 Å². The molecule has 0 atom stereocenters. The maximum absolute atomic E-state index is 11.2. The van der Waals surface area contributed by atoms with Gasteiger partial charge < -0.3 is 0 Å². The molecule has 1 nitrogen and oxygen atoms in total. The van der Waals surface area contributed by atoms with Crippen LogP contribution in [0.3, 0.4) is 0 Å². The molecule has 0 unspecified atom stereocenters. The Hall–Kier alpha value is -0.850. The molecule has 0 aliphatic heterocycles. The molecular formula is C9H14O. The Balaban J connectivity index is 4.39. The first kappa shape index (κ1) is 9.15. The van der Waals surface area contributed by atoms with Crippen LogP contribution >= 0.6 is 0 Å². The van der Waals surface area contributed by atoms with E-state index in [2.05, 4.69) is 0 Å². The minimum atomic E-state index is 0.144. The highest BCUT2D eigenvalue weighted by Crippen LogP contribution is 2.03. The summed E-state index contributed by atoms with van der Waals surface area (Å²) in [6.07, 6.45) is 3.66. The Bertz CT molecular complexity index is 165. The van der Waals surface area contributed by atoms with Crippen molar-refractivity contribution in [1.29, 1.82) is 0 Å². The lowest BCUT2D eigenvalue weighted by atomic mass is 10.1. The molecule has 0 N–H and O–H groups in total. The zero-order valence-corrected chi connectivity index (χ0v) is 7.06. The summed E-state index contributed by atoms with van der Waals surface area (Å²) in [5, 5.41) is 0. The summed E-state index contributed by atoms with van der Waals surface area (Å²) in [4.78, 5) is 11.2. The fraction of sp³-hybridized carbons (Fsp3) is 0.444. The van der Waals surface area contributed by atoms with Crippen LogP contribution in [0, 0.1) is 0 Å². The Morgan fingerprint density at radius 3 is 1.50 bits per heavy atom. The molecule has 0 radical (unpaired) electrons. The van der Waals surface area contributed by atoms with Crippen LogP contribution < -0.4 is 0 Å². The van der Waals surface area contributed by atoms with Gasteiger partial charge in [0.05, 0.1) is 0 Å². The smallest absolute Gasteiger partial charge is 0.183 e. The highest BCUT2D eigenvalue weighted by atomic mass is 16.1. The van der Waals surface area contributed by atoms with Gasteiger partial charge in [-0.1, -0.05) is 12.2 Å². The molecule has 0 bridgehead atoms. The minimum absolute atomic E-state index is 0.144. The van der Waals surface area contributed by atoms with E-state index >= 15 is 0 Å². The van der Waals surface area contributed by atoms with Gasteiger partial charge in [-0.2, -0.15) is 0 Å². The molecule has 0 heterocycles. The van der Waals surface area contributed by atoms with Crippen LogP contribution in [0.4, 0.5) is 0 Å². The summed E-state index contributed by atoms with van der Waals surface area (Å²) in [5.74, 6) is 0.144. The van der Waals surface area contributed by atoms with E-state index in [1.807, 2.05) is 39.8 Å². The second-order valence-corrected chi connectivity index (χ2v) is 2.27. The summed E-state index contributed by atoms with van der Waals surface area (Å²) >= 11 is 0. The van der Waals surface area contributed by atoms with Crippen molar-refractivity contribution in [2.75, 3.05) is 0 Å². The molecule has 10 heavy (non-hydrogen) atoms. The third kappa shape index (κ3) is 2.18. The summed E-state index contributed by atoms with van der Waals surface area (Å²) in [5.41, 5.74) is 1.63. The topological polar surface area (TPSA) is 17.1 Å². The van der Waals surface area contributed by atoms with Gasteiger partial charge in [0.25, 0.3) is 0 Å². The number of Topliss-reactive ketones (excluding diaryl/α,β-unsaturated/α-hetero) is 1. The van der Waals surface area contributed by atoms with Crippen molar-refractivity contribution in [3.8, 4) is 0 Å². The molecule has 0 aliphatic rings. The van der Waals surface area contributed by atoms with Gasteiger partial charge in [0, 0.05) is 0 Å². The SMILES string of the molecule is CC=C(C)C(=O)C(C)=CC. The van der Waals surface area contributed by atoms with Crippen LogP contribution in [0.2, 0.25) is 0 Å². The van der Waals surface area contributed by atoms with Crippen LogP contribution in [0.25, 0.3) is 0 Å². The summed E-state index contributed by atoms with van der Waals surface area (Å²) in [6.45, 7) is 7.40. The Morgan fingerprint density at radius 2 is 1.30 bits per heavy atom. The molecule has 0 spiro atoms. The molecule has 0 aromatic heterocycles. The second-order valence-electron chi connectivity index (χ2n) is 2.27. The molecule has 0 aromatic carbocycles. The number of hydrogen-bond donors (Lipinski definition) is 0. The van der Waals surface area contributed by atoms with Crippen molar-refractivity contribution in [3.63, 3.8) is 0 Å². The van der Waals surface area contributed by atoms with Crippen LogP contribution in [0.15, 0.2) is 23.3 Å². The molecule has 0 fully saturated rings. The van der Waals surface area contributed by atoms with Crippen molar-refractivity contribution < 1.29 is 4.79 Å². The molecule has 56 valence electrons. The molecule has 0 saturated carbocycles. The summed E-state index contributed by atoms with van der Waals surface area (Å²) < 4.78 is 0. The molecule has 0 saturated heterocycles. The quantitative estimate of drug-likeness (QED) is 0.536. The van der Waals surface area contributed by atoms with Crippen LogP contribution in [-0.4, -0.2) is 5.78 Å². The molecule has 0 aliphatic carbocycles. The average Bonchev–Trinajstić information content (AvgIpc) is 2.00. The standard InChI is InChI=1S/C9H14O/c1-5-7(3)9(10)8(4)6-2/h5-6H,1-4H3. The van der Waals surface area contributed by atoms with E-state index in [9.17, 15) is 4.79 Å². The van der Waals surface area contributed by atoms with E-state index in [1.54, 1.807) is 0 Å². The Morgan fingerprint density at radius 1 is 1.00 bits per heavy atom. The number of carbonyl (C=O) groups excluding carboxylic acids is 1. The number of carbonyl (C=O) groups is 1. The lowest BCUT2D eigenvalue weighted by Gasteiger charge is -1.97. The van der Waals surface area contributed by atoms with Crippen molar-refractivity contribution in [1.82, 2.24) is 0 Å². The van der Waals surface area contributed by atoms with Gasteiger partial charge in [-0.05, 0) is 38.8 Å². The molecule has 0 rings (SSSR count). The van der Waals surface area contributed by atoms with Gasteiger partial charge in [0.1, 0.15) is 0 Å². The molecule has 0 aromatic rings. The zero-order chi connectivity index (χ0) is 8.15. The number of hydrogen-bond acceptors (Lipinski definition) is 1. The van der Waals surface area contributed by atoms with E-state index in [-0.39, 0.29) is 5.78 Å². The average molecular weight is 138 g/mol. The van der Waals surface area contributed by atoms with Crippen molar-refractivity contribution in [2.24, 2.45) is 0 Å².